The van der Waals surface area contributed by atoms with Gasteiger partial charge in [-0.3, -0.25) is 0 Å². The molecule has 4 heteroatoms. The number of rotatable bonds is 9. The Morgan fingerprint density at radius 2 is 2.08 bits per heavy atom. The van der Waals surface area contributed by atoms with Crippen LogP contribution in [0.15, 0.2) is 39.6 Å². The highest BCUT2D eigenvalue weighted by Gasteiger charge is 2.14. The summed E-state index contributed by atoms with van der Waals surface area (Å²) in [6, 6.07) is 5.04. The average Bonchev–Trinajstić information content (AvgIpc) is 2.56. The van der Waals surface area contributed by atoms with Crippen molar-refractivity contribution in [1.82, 2.24) is 0 Å². The van der Waals surface area contributed by atoms with E-state index in [0.717, 1.165) is 32.1 Å². The summed E-state index contributed by atoms with van der Waals surface area (Å²) in [5.41, 5.74) is -0.642. The summed E-state index contributed by atoms with van der Waals surface area (Å²) < 4.78 is 25.3. The molecule has 0 aliphatic rings. The molecule has 1 aromatic carbocycles. The highest BCUT2D eigenvalue weighted by atomic mass is 19.1. The number of hydrogen-bond acceptors (Lipinski definition) is 3. The smallest absolute Gasteiger partial charge is 0.346 e. The molecule has 0 fully saturated rings. The molecule has 0 bridgehead atoms. The second kappa shape index (κ2) is 9.26. The molecule has 0 aliphatic heterocycles. The van der Waals surface area contributed by atoms with Gasteiger partial charge in [0.25, 0.3) is 0 Å². The predicted octanol–water partition coefficient (Wildman–Crippen LogP) is 5.40. The van der Waals surface area contributed by atoms with Crippen molar-refractivity contribution in [3.8, 4) is 5.75 Å². The van der Waals surface area contributed by atoms with Crippen LogP contribution in [0.4, 0.5) is 4.39 Å². The first-order valence-corrected chi connectivity index (χ1v) is 8.66. The maximum absolute atomic E-state index is 14.5. The summed E-state index contributed by atoms with van der Waals surface area (Å²) in [4.78, 5) is 12.1. The molecule has 0 saturated carbocycles. The number of aryl methyl sites for hydroxylation is 1. The lowest BCUT2D eigenvalue weighted by atomic mass is 10.1. The first-order valence-electron chi connectivity index (χ1n) is 8.66. The quantitative estimate of drug-likeness (QED) is 0.456. The standard InChI is InChI=1S/C20H25FO3/c1-3-5-7-9-13-23-17-12-11-15-14-16(10-8-6-4-2)24-20(22)18(15)19(17)21/h4,6,11-12,14H,3,5,7-10,13H2,1-2H3/b6-4+. The second-order valence-corrected chi connectivity index (χ2v) is 5.86. The minimum Gasteiger partial charge on any atom is -0.490 e. The van der Waals surface area contributed by atoms with Crippen molar-refractivity contribution < 1.29 is 13.5 Å². The van der Waals surface area contributed by atoms with E-state index in [-0.39, 0.29) is 11.1 Å². The predicted molar refractivity (Wildman–Crippen MR) is 95.2 cm³/mol. The van der Waals surface area contributed by atoms with E-state index in [4.69, 9.17) is 9.15 Å². The Labute approximate surface area is 142 Å². The minimum atomic E-state index is -0.642. The van der Waals surface area contributed by atoms with E-state index in [1.54, 1.807) is 18.2 Å². The third kappa shape index (κ3) is 4.70. The Hall–Kier alpha value is -2.10. The molecule has 0 unspecified atom stereocenters. The molecule has 0 amide bonds. The van der Waals surface area contributed by atoms with Gasteiger partial charge in [-0.1, -0.05) is 44.4 Å². The largest absolute Gasteiger partial charge is 0.490 e. The Morgan fingerprint density at radius 1 is 1.25 bits per heavy atom. The molecule has 2 aromatic rings. The van der Waals surface area contributed by atoms with Gasteiger partial charge in [0, 0.05) is 6.42 Å². The maximum Gasteiger partial charge on any atom is 0.346 e. The fourth-order valence-corrected chi connectivity index (χ4v) is 2.61. The molecular formula is C20H25FO3. The molecule has 0 N–H and O–H groups in total. The van der Waals surface area contributed by atoms with Crippen molar-refractivity contribution in [2.24, 2.45) is 0 Å². The highest BCUT2D eigenvalue weighted by molar-refractivity contribution is 5.83. The van der Waals surface area contributed by atoms with Gasteiger partial charge in [-0.15, -0.1) is 0 Å². The zero-order valence-electron chi connectivity index (χ0n) is 14.4. The third-order valence-corrected chi connectivity index (χ3v) is 3.93. The Kier molecular flexibility index (Phi) is 7.04. The number of hydrogen-bond donors (Lipinski definition) is 0. The third-order valence-electron chi connectivity index (χ3n) is 3.93. The summed E-state index contributed by atoms with van der Waals surface area (Å²) in [6.45, 7) is 4.53. The lowest BCUT2D eigenvalue weighted by Crippen LogP contribution is -2.07. The van der Waals surface area contributed by atoms with Crippen molar-refractivity contribution in [2.75, 3.05) is 6.61 Å². The fourth-order valence-electron chi connectivity index (χ4n) is 2.61. The minimum absolute atomic E-state index is 0.0316. The van der Waals surface area contributed by atoms with Crippen LogP contribution in [0.2, 0.25) is 0 Å². The van der Waals surface area contributed by atoms with Crippen LogP contribution >= 0.6 is 0 Å². The SMILES string of the molecule is C/C=C/CCc1cc2ccc(OCCCCCC)c(F)c2c(=O)o1. The molecule has 0 saturated heterocycles. The topological polar surface area (TPSA) is 39.4 Å². The van der Waals surface area contributed by atoms with Crippen LogP contribution in [0.25, 0.3) is 10.8 Å². The number of fused-ring (bicyclic) bond motifs is 1. The lowest BCUT2D eigenvalue weighted by Gasteiger charge is -2.09. The van der Waals surface area contributed by atoms with E-state index in [1.165, 1.54) is 0 Å². The molecule has 24 heavy (non-hydrogen) atoms. The van der Waals surface area contributed by atoms with Crippen LogP contribution in [0.1, 0.15) is 51.7 Å². The van der Waals surface area contributed by atoms with Crippen LogP contribution in [0.5, 0.6) is 5.75 Å². The molecule has 0 atom stereocenters. The molecular weight excluding hydrogens is 307 g/mol. The molecule has 0 radical (unpaired) electrons. The van der Waals surface area contributed by atoms with Gasteiger partial charge in [0.2, 0.25) is 0 Å². The van der Waals surface area contributed by atoms with Crippen LogP contribution in [-0.4, -0.2) is 6.61 Å². The van der Waals surface area contributed by atoms with Crippen LogP contribution in [-0.2, 0) is 6.42 Å². The zero-order chi connectivity index (χ0) is 17.4. The Balaban J connectivity index is 2.17. The summed E-state index contributed by atoms with van der Waals surface area (Å²) in [6.07, 6.45) is 9.57. The Morgan fingerprint density at radius 3 is 2.83 bits per heavy atom. The first-order chi connectivity index (χ1) is 11.7. The molecule has 130 valence electrons. The number of unbranched alkanes of at least 4 members (excludes halogenated alkanes) is 3. The molecule has 1 heterocycles. The summed E-state index contributed by atoms with van der Waals surface area (Å²) in [5, 5.41) is 0.522. The van der Waals surface area contributed by atoms with Crippen LogP contribution in [0.3, 0.4) is 0 Å². The lowest BCUT2D eigenvalue weighted by molar-refractivity contribution is 0.291. The number of halogens is 1. The van der Waals surface area contributed by atoms with Gasteiger partial charge in [0.15, 0.2) is 11.6 Å². The normalized spacial score (nSPS) is 11.5. The van der Waals surface area contributed by atoms with Crippen molar-refractivity contribution in [2.45, 2.75) is 52.4 Å². The summed E-state index contributed by atoms with van der Waals surface area (Å²) >= 11 is 0. The zero-order valence-corrected chi connectivity index (χ0v) is 14.4. The molecule has 0 aliphatic carbocycles. The van der Waals surface area contributed by atoms with Crippen molar-refractivity contribution in [3.05, 3.63) is 52.3 Å². The van der Waals surface area contributed by atoms with Gasteiger partial charge in [-0.2, -0.15) is 0 Å². The summed E-state index contributed by atoms with van der Waals surface area (Å²) in [5.74, 6) is 0.0583. The van der Waals surface area contributed by atoms with E-state index in [0.29, 0.717) is 24.2 Å². The average molecular weight is 332 g/mol. The highest BCUT2D eigenvalue weighted by Crippen LogP contribution is 2.25. The molecule has 2 rings (SSSR count). The Bertz CT molecular complexity index is 746. The molecule has 1 aromatic heterocycles. The number of benzene rings is 1. The second-order valence-electron chi connectivity index (χ2n) is 5.86. The van der Waals surface area contributed by atoms with E-state index in [9.17, 15) is 9.18 Å². The molecule has 3 nitrogen and oxygen atoms in total. The number of ether oxygens (including phenoxy) is 1. The van der Waals surface area contributed by atoms with E-state index in [2.05, 4.69) is 6.92 Å². The van der Waals surface area contributed by atoms with E-state index < -0.39 is 11.4 Å². The van der Waals surface area contributed by atoms with Gasteiger partial charge < -0.3 is 9.15 Å². The molecule has 0 spiro atoms. The fraction of sp³-hybridized carbons (Fsp3) is 0.450. The maximum atomic E-state index is 14.5. The van der Waals surface area contributed by atoms with Gasteiger partial charge in [-0.05, 0) is 37.3 Å². The first kappa shape index (κ1) is 18.2. The van der Waals surface area contributed by atoms with Crippen molar-refractivity contribution in [1.29, 1.82) is 0 Å². The van der Waals surface area contributed by atoms with Crippen molar-refractivity contribution >= 4 is 10.8 Å². The van der Waals surface area contributed by atoms with Gasteiger partial charge in [0.05, 0.1) is 6.61 Å². The number of allylic oxidation sites excluding steroid dienone is 2. The van der Waals surface area contributed by atoms with Gasteiger partial charge in [0.1, 0.15) is 11.1 Å². The monoisotopic (exact) mass is 332 g/mol. The van der Waals surface area contributed by atoms with E-state index >= 15 is 0 Å². The van der Waals surface area contributed by atoms with Crippen LogP contribution < -0.4 is 10.4 Å². The summed E-state index contributed by atoms with van der Waals surface area (Å²) in [7, 11) is 0. The van der Waals surface area contributed by atoms with E-state index in [1.807, 2.05) is 19.1 Å². The van der Waals surface area contributed by atoms with Crippen molar-refractivity contribution in [3.63, 3.8) is 0 Å². The van der Waals surface area contributed by atoms with Crippen LogP contribution in [0, 0.1) is 5.82 Å². The van der Waals surface area contributed by atoms with Gasteiger partial charge >= 0.3 is 5.63 Å². The van der Waals surface area contributed by atoms with Gasteiger partial charge in [-0.25, -0.2) is 9.18 Å².